The number of likely N-dealkylation sites (tertiary alicyclic amines) is 1. The van der Waals surface area contributed by atoms with E-state index in [1.807, 2.05) is 0 Å². The summed E-state index contributed by atoms with van der Waals surface area (Å²) in [6.07, 6.45) is 14.6. The van der Waals surface area contributed by atoms with Crippen molar-refractivity contribution < 1.29 is 4.52 Å². The summed E-state index contributed by atoms with van der Waals surface area (Å²) in [7, 11) is 0. The lowest BCUT2D eigenvalue weighted by molar-refractivity contribution is 0.0538. The molecule has 1 aromatic rings. The van der Waals surface area contributed by atoms with Crippen molar-refractivity contribution in [1.29, 1.82) is 0 Å². The van der Waals surface area contributed by atoms with Gasteiger partial charge in [0.05, 0.1) is 5.69 Å². The summed E-state index contributed by atoms with van der Waals surface area (Å²) in [4.78, 5) is 2.70. The van der Waals surface area contributed by atoms with Crippen LogP contribution in [0.2, 0.25) is 0 Å². The number of nitrogens with zero attached hydrogens (tertiary/aromatic N) is 2. The highest BCUT2D eigenvalue weighted by Gasteiger charge is 2.31. The zero-order chi connectivity index (χ0) is 25.8. The summed E-state index contributed by atoms with van der Waals surface area (Å²) in [5.74, 6) is 6.63. The van der Waals surface area contributed by atoms with E-state index in [4.69, 9.17) is 4.52 Å². The molecule has 0 amide bonds. The average Bonchev–Trinajstić information content (AvgIpc) is 3.25. The molecule has 1 aromatic heterocycles. The molecular formula is C32H60N2O. The summed E-state index contributed by atoms with van der Waals surface area (Å²) in [5, 5.41) is 4.37. The van der Waals surface area contributed by atoms with Crippen LogP contribution >= 0.6 is 0 Å². The molecule has 3 heteroatoms. The van der Waals surface area contributed by atoms with Crippen LogP contribution in [0, 0.1) is 35.5 Å². The molecule has 0 spiro atoms. The fourth-order valence-electron chi connectivity index (χ4n) is 5.46. The van der Waals surface area contributed by atoms with Gasteiger partial charge in [0.15, 0.2) is 0 Å². The molecule has 204 valence electrons. The third kappa shape index (κ3) is 12.3. The van der Waals surface area contributed by atoms with Crippen molar-refractivity contribution in [1.82, 2.24) is 10.1 Å². The highest BCUT2D eigenvalue weighted by Crippen LogP contribution is 2.31. The van der Waals surface area contributed by atoms with E-state index in [9.17, 15) is 0 Å². The van der Waals surface area contributed by atoms with Gasteiger partial charge >= 0.3 is 0 Å². The standard InChI is InChI=1S/C32H60N2O/c1-24(2)11-9-10-12-26(5)14-15-27(6)19-20-34-22-30(23-34)28(7)16-17-29(8)32-21-31(35-33-32)18-13-25(3)4/h21,24-30H,9-20,22-23H2,1-8H3. The average molecular weight is 489 g/mol. The number of aryl methyl sites for hydroxylation is 1. The molecule has 2 rings (SSSR count). The van der Waals surface area contributed by atoms with Gasteiger partial charge < -0.3 is 9.42 Å². The van der Waals surface area contributed by atoms with Crippen LogP contribution in [0.4, 0.5) is 0 Å². The second-order valence-corrected chi connectivity index (χ2v) is 13.4. The first-order valence-corrected chi connectivity index (χ1v) is 15.3. The maximum atomic E-state index is 5.59. The molecule has 3 nitrogen and oxygen atoms in total. The van der Waals surface area contributed by atoms with Crippen LogP contribution in [-0.2, 0) is 6.42 Å². The normalized spacial score (nSPS) is 18.7. The Morgan fingerprint density at radius 2 is 1.40 bits per heavy atom. The Balaban J connectivity index is 1.52. The second-order valence-electron chi connectivity index (χ2n) is 13.4. The monoisotopic (exact) mass is 488 g/mol. The van der Waals surface area contributed by atoms with Gasteiger partial charge in [0.1, 0.15) is 5.76 Å². The van der Waals surface area contributed by atoms with Crippen molar-refractivity contribution in [2.75, 3.05) is 19.6 Å². The maximum absolute atomic E-state index is 5.59. The van der Waals surface area contributed by atoms with Crippen molar-refractivity contribution >= 4 is 0 Å². The second kappa shape index (κ2) is 16.1. The van der Waals surface area contributed by atoms with Crippen LogP contribution < -0.4 is 0 Å². The van der Waals surface area contributed by atoms with Gasteiger partial charge in [-0.25, -0.2) is 0 Å². The molecule has 1 fully saturated rings. The minimum atomic E-state index is 0.503. The minimum absolute atomic E-state index is 0.503. The molecule has 2 heterocycles. The van der Waals surface area contributed by atoms with E-state index in [1.54, 1.807) is 0 Å². The largest absolute Gasteiger partial charge is 0.361 e. The quantitative estimate of drug-likeness (QED) is 0.182. The molecule has 1 aliphatic heterocycles. The first-order valence-electron chi connectivity index (χ1n) is 15.3. The maximum Gasteiger partial charge on any atom is 0.137 e. The molecule has 1 saturated heterocycles. The number of hydrogen-bond acceptors (Lipinski definition) is 3. The fraction of sp³-hybridized carbons (Fsp3) is 0.906. The minimum Gasteiger partial charge on any atom is -0.361 e. The zero-order valence-electron chi connectivity index (χ0n) is 24.8. The third-order valence-electron chi connectivity index (χ3n) is 8.71. The molecule has 1 aliphatic rings. The number of hydrogen-bond donors (Lipinski definition) is 0. The topological polar surface area (TPSA) is 29.3 Å². The predicted molar refractivity (Wildman–Crippen MR) is 152 cm³/mol. The van der Waals surface area contributed by atoms with Gasteiger partial charge in [-0.2, -0.15) is 0 Å². The molecule has 0 radical (unpaired) electrons. The van der Waals surface area contributed by atoms with Crippen LogP contribution in [0.15, 0.2) is 10.6 Å². The Labute approximate surface area is 219 Å². The van der Waals surface area contributed by atoms with E-state index in [-0.39, 0.29) is 0 Å². The molecule has 4 unspecified atom stereocenters. The lowest BCUT2D eigenvalue weighted by Crippen LogP contribution is -2.49. The van der Waals surface area contributed by atoms with Gasteiger partial charge in [0.2, 0.25) is 0 Å². The van der Waals surface area contributed by atoms with Crippen molar-refractivity contribution in [2.24, 2.45) is 35.5 Å². The van der Waals surface area contributed by atoms with E-state index < -0.39 is 0 Å². The summed E-state index contributed by atoms with van der Waals surface area (Å²) in [6, 6.07) is 2.21. The Hall–Kier alpha value is -0.830. The van der Waals surface area contributed by atoms with Gasteiger partial charge in [0.25, 0.3) is 0 Å². The van der Waals surface area contributed by atoms with Gasteiger partial charge in [-0.15, -0.1) is 0 Å². The SMILES string of the molecule is CC(C)CCCCC(C)CCC(C)CCN1CC(C(C)CCC(C)c2cc(CCC(C)C)on2)C1. The van der Waals surface area contributed by atoms with Gasteiger partial charge in [-0.05, 0) is 67.7 Å². The predicted octanol–water partition coefficient (Wildman–Crippen LogP) is 9.37. The van der Waals surface area contributed by atoms with Crippen molar-refractivity contribution in [2.45, 2.75) is 132 Å². The first kappa shape index (κ1) is 30.4. The van der Waals surface area contributed by atoms with Crippen LogP contribution in [0.25, 0.3) is 0 Å². The highest BCUT2D eigenvalue weighted by atomic mass is 16.5. The van der Waals surface area contributed by atoms with Crippen molar-refractivity contribution in [3.8, 4) is 0 Å². The Bertz CT molecular complexity index is 660. The molecule has 0 bridgehead atoms. The summed E-state index contributed by atoms with van der Waals surface area (Å²) in [5.41, 5.74) is 1.16. The van der Waals surface area contributed by atoms with Crippen molar-refractivity contribution in [3.63, 3.8) is 0 Å². The van der Waals surface area contributed by atoms with E-state index in [1.165, 1.54) is 83.8 Å². The van der Waals surface area contributed by atoms with E-state index in [0.29, 0.717) is 11.8 Å². The van der Waals surface area contributed by atoms with Crippen LogP contribution in [-0.4, -0.2) is 29.7 Å². The lowest BCUT2D eigenvalue weighted by Gasteiger charge is -2.43. The molecule has 0 aromatic carbocycles. The third-order valence-corrected chi connectivity index (χ3v) is 8.71. The van der Waals surface area contributed by atoms with Crippen molar-refractivity contribution in [3.05, 3.63) is 17.5 Å². The zero-order valence-corrected chi connectivity index (χ0v) is 24.8. The van der Waals surface area contributed by atoms with Gasteiger partial charge in [-0.3, -0.25) is 0 Å². The molecule has 0 aliphatic carbocycles. The molecule has 4 atom stereocenters. The van der Waals surface area contributed by atoms with Gasteiger partial charge in [-0.1, -0.05) is 99.1 Å². The number of unbranched alkanes of at least 4 members (excludes halogenated alkanes) is 1. The molecule has 0 N–H and O–H groups in total. The summed E-state index contributed by atoms with van der Waals surface area (Å²) >= 11 is 0. The number of rotatable bonds is 19. The Morgan fingerprint density at radius 3 is 2.06 bits per heavy atom. The van der Waals surface area contributed by atoms with Gasteiger partial charge in [0, 0.05) is 31.5 Å². The van der Waals surface area contributed by atoms with Crippen LogP contribution in [0.3, 0.4) is 0 Å². The molecule has 0 saturated carbocycles. The lowest BCUT2D eigenvalue weighted by atomic mass is 9.82. The highest BCUT2D eigenvalue weighted by molar-refractivity contribution is 5.10. The molecule has 35 heavy (non-hydrogen) atoms. The van der Waals surface area contributed by atoms with Crippen LogP contribution in [0.1, 0.15) is 137 Å². The molecular weight excluding hydrogens is 428 g/mol. The Morgan fingerprint density at radius 1 is 0.771 bits per heavy atom. The summed E-state index contributed by atoms with van der Waals surface area (Å²) < 4.78 is 5.59. The first-order chi connectivity index (χ1) is 16.6. The summed E-state index contributed by atoms with van der Waals surface area (Å²) in [6.45, 7) is 22.9. The number of aromatic nitrogens is 1. The smallest absolute Gasteiger partial charge is 0.137 e. The van der Waals surface area contributed by atoms with E-state index >= 15 is 0 Å². The van der Waals surface area contributed by atoms with Crippen LogP contribution in [0.5, 0.6) is 0 Å². The van der Waals surface area contributed by atoms with E-state index in [2.05, 4.69) is 71.5 Å². The fourth-order valence-corrected chi connectivity index (χ4v) is 5.46. The Kier molecular flexibility index (Phi) is 14.0. The van der Waals surface area contributed by atoms with E-state index in [0.717, 1.165) is 47.5 Å².